The number of fused-ring (bicyclic) bond motifs is 1. The first-order valence-corrected chi connectivity index (χ1v) is 13.2. The van der Waals surface area contributed by atoms with Crippen molar-refractivity contribution in [3.8, 4) is 17.2 Å². The van der Waals surface area contributed by atoms with E-state index < -0.39 is 23.7 Å². The van der Waals surface area contributed by atoms with E-state index in [1.54, 1.807) is 42.5 Å². The third kappa shape index (κ3) is 7.46. The van der Waals surface area contributed by atoms with E-state index >= 15 is 0 Å². The molecule has 1 aromatic heterocycles. The number of benzene rings is 3. The number of amides is 2. The number of rotatable bonds is 9. The SMILES string of the molecule is O=C(O)Nc1cc(Oc2ccc3ccc(C(=O)Nc4cc(OCCN5CCCC5)cc(C(F)(F)F)c4)cc3c2)ccn1. The van der Waals surface area contributed by atoms with Crippen LogP contribution >= 0.6 is 0 Å². The van der Waals surface area contributed by atoms with Crippen molar-refractivity contribution in [3.63, 3.8) is 0 Å². The van der Waals surface area contributed by atoms with Crippen LogP contribution in [-0.2, 0) is 6.18 Å². The van der Waals surface area contributed by atoms with E-state index in [-0.39, 0.29) is 29.4 Å². The van der Waals surface area contributed by atoms with E-state index in [1.165, 1.54) is 18.3 Å². The van der Waals surface area contributed by atoms with Gasteiger partial charge in [-0.3, -0.25) is 15.0 Å². The monoisotopic (exact) mass is 580 g/mol. The number of halogens is 3. The van der Waals surface area contributed by atoms with Crippen LogP contribution in [0.25, 0.3) is 10.8 Å². The summed E-state index contributed by atoms with van der Waals surface area (Å²) >= 11 is 0. The van der Waals surface area contributed by atoms with Crippen LogP contribution in [-0.4, -0.2) is 53.2 Å². The van der Waals surface area contributed by atoms with Crippen molar-refractivity contribution >= 4 is 34.3 Å². The lowest BCUT2D eigenvalue weighted by atomic mass is 10.1. The average Bonchev–Trinajstić information content (AvgIpc) is 3.45. The quantitative estimate of drug-likeness (QED) is 0.198. The number of nitrogens with zero attached hydrogens (tertiary/aromatic N) is 2. The fourth-order valence-electron chi connectivity index (χ4n) is 4.64. The summed E-state index contributed by atoms with van der Waals surface area (Å²) in [7, 11) is 0. The van der Waals surface area contributed by atoms with Gasteiger partial charge >= 0.3 is 12.3 Å². The van der Waals surface area contributed by atoms with Crippen molar-refractivity contribution < 1.29 is 37.3 Å². The van der Waals surface area contributed by atoms with E-state index in [0.717, 1.165) is 43.5 Å². The van der Waals surface area contributed by atoms with Crippen LogP contribution in [0, 0.1) is 0 Å². The minimum absolute atomic E-state index is 0.0254. The molecule has 0 bridgehead atoms. The maximum absolute atomic E-state index is 13.6. The fourth-order valence-corrected chi connectivity index (χ4v) is 4.64. The third-order valence-electron chi connectivity index (χ3n) is 6.64. The predicted molar refractivity (Wildman–Crippen MR) is 150 cm³/mol. The Bertz CT molecular complexity index is 1610. The normalized spacial score (nSPS) is 13.6. The van der Waals surface area contributed by atoms with Gasteiger partial charge in [-0.2, -0.15) is 13.2 Å². The van der Waals surface area contributed by atoms with Crippen LogP contribution in [0.5, 0.6) is 17.2 Å². The number of likely N-dealkylation sites (tertiary alicyclic amines) is 1. The van der Waals surface area contributed by atoms with Gasteiger partial charge in [0.1, 0.15) is 29.7 Å². The van der Waals surface area contributed by atoms with Crippen molar-refractivity contribution in [2.75, 3.05) is 36.9 Å². The molecule has 0 unspecified atom stereocenters. The van der Waals surface area contributed by atoms with Gasteiger partial charge in [-0.05, 0) is 79.2 Å². The molecule has 1 aliphatic rings. The maximum Gasteiger partial charge on any atom is 0.416 e. The zero-order valence-corrected chi connectivity index (χ0v) is 22.3. The Balaban J connectivity index is 1.32. The highest BCUT2D eigenvalue weighted by Gasteiger charge is 2.31. The van der Waals surface area contributed by atoms with Crippen LogP contribution in [0.3, 0.4) is 0 Å². The number of pyridine rings is 1. The summed E-state index contributed by atoms with van der Waals surface area (Å²) in [6.07, 6.45) is -2.29. The highest BCUT2D eigenvalue weighted by molar-refractivity contribution is 6.06. The van der Waals surface area contributed by atoms with Crippen molar-refractivity contribution in [1.29, 1.82) is 0 Å². The van der Waals surface area contributed by atoms with Gasteiger partial charge < -0.3 is 19.9 Å². The molecule has 0 saturated carbocycles. The zero-order valence-electron chi connectivity index (χ0n) is 22.3. The summed E-state index contributed by atoms with van der Waals surface area (Å²) in [6, 6.07) is 16.2. The summed E-state index contributed by atoms with van der Waals surface area (Å²) in [5.74, 6) is 0.280. The van der Waals surface area contributed by atoms with Crippen molar-refractivity contribution in [1.82, 2.24) is 9.88 Å². The van der Waals surface area contributed by atoms with Crippen LogP contribution in [0.1, 0.15) is 28.8 Å². The predicted octanol–water partition coefficient (Wildman–Crippen LogP) is 6.86. The molecule has 9 nitrogen and oxygen atoms in total. The molecular weight excluding hydrogens is 553 g/mol. The van der Waals surface area contributed by atoms with E-state index in [4.69, 9.17) is 14.6 Å². The van der Waals surface area contributed by atoms with Crippen LogP contribution in [0.15, 0.2) is 72.9 Å². The Kier molecular flexibility index (Phi) is 8.43. The number of alkyl halides is 3. The molecule has 1 aliphatic heterocycles. The van der Waals surface area contributed by atoms with E-state index in [1.807, 2.05) is 0 Å². The van der Waals surface area contributed by atoms with Crippen molar-refractivity contribution in [3.05, 3.63) is 84.1 Å². The lowest BCUT2D eigenvalue weighted by Gasteiger charge is -2.17. The van der Waals surface area contributed by atoms with E-state index in [0.29, 0.717) is 23.4 Å². The molecule has 42 heavy (non-hydrogen) atoms. The molecule has 0 aliphatic carbocycles. The van der Waals surface area contributed by atoms with Gasteiger partial charge in [0.25, 0.3) is 5.91 Å². The minimum Gasteiger partial charge on any atom is -0.492 e. The lowest BCUT2D eigenvalue weighted by Crippen LogP contribution is -2.25. The number of carbonyl (C=O) groups excluding carboxylic acids is 1. The Labute approximate surface area is 238 Å². The minimum atomic E-state index is -4.62. The number of anilines is 2. The number of aromatic nitrogens is 1. The first-order valence-electron chi connectivity index (χ1n) is 13.2. The molecule has 4 aromatic rings. The Morgan fingerprint density at radius 2 is 1.64 bits per heavy atom. The van der Waals surface area contributed by atoms with Crippen LogP contribution in [0.4, 0.5) is 29.5 Å². The van der Waals surface area contributed by atoms with Gasteiger partial charge in [-0.1, -0.05) is 12.1 Å². The molecule has 0 spiro atoms. The second-order valence-corrected chi connectivity index (χ2v) is 9.73. The first kappa shape index (κ1) is 28.7. The lowest BCUT2D eigenvalue weighted by molar-refractivity contribution is -0.137. The molecule has 3 aromatic carbocycles. The third-order valence-corrected chi connectivity index (χ3v) is 6.64. The number of nitrogens with one attached hydrogen (secondary N) is 2. The molecule has 1 saturated heterocycles. The number of carboxylic acid groups (broad SMARTS) is 1. The smallest absolute Gasteiger partial charge is 0.416 e. The van der Waals surface area contributed by atoms with Gasteiger partial charge in [-0.15, -0.1) is 0 Å². The number of ether oxygens (including phenoxy) is 2. The molecule has 5 rings (SSSR count). The summed E-state index contributed by atoms with van der Waals surface area (Å²) in [5, 5.41) is 15.0. The second kappa shape index (κ2) is 12.4. The summed E-state index contributed by atoms with van der Waals surface area (Å²) < 4.78 is 52.3. The average molecular weight is 581 g/mol. The topological polar surface area (TPSA) is 113 Å². The van der Waals surface area contributed by atoms with Crippen molar-refractivity contribution in [2.24, 2.45) is 0 Å². The van der Waals surface area contributed by atoms with Gasteiger partial charge in [0.2, 0.25) is 0 Å². The number of hydrogen-bond donors (Lipinski definition) is 3. The highest BCUT2D eigenvalue weighted by Crippen LogP contribution is 2.35. The number of carbonyl (C=O) groups is 2. The zero-order chi connectivity index (χ0) is 29.7. The molecule has 2 amide bonds. The Morgan fingerprint density at radius 1 is 0.881 bits per heavy atom. The summed E-state index contributed by atoms with van der Waals surface area (Å²) in [5.41, 5.74) is -0.730. The largest absolute Gasteiger partial charge is 0.492 e. The first-order chi connectivity index (χ1) is 20.1. The fraction of sp³-hybridized carbons (Fsp3) is 0.233. The van der Waals surface area contributed by atoms with E-state index in [9.17, 15) is 22.8 Å². The van der Waals surface area contributed by atoms with Crippen LogP contribution in [0.2, 0.25) is 0 Å². The molecule has 3 N–H and O–H groups in total. The van der Waals surface area contributed by atoms with Gasteiger partial charge in [0.15, 0.2) is 0 Å². The maximum atomic E-state index is 13.6. The molecule has 12 heteroatoms. The molecule has 1 fully saturated rings. The molecule has 0 radical (unpaired) electrons. The number of hydrogen-bond acceptors (Lipinski definition) is 6. The Morgan fingerprint density at radius 3 is 2.40 bits per heavy atom. The van der Waals surface area contributed by atoms with Crippen LogP contribution < -0.4 is 20.1 Å². The molecule has 0 atom stereocenters. The van der Waals surface area contributed by atoms with Gasteiger partial charge in [0.05, 0.1) is 5.56 Å². The molecular formula is C30H27F3N4O5. The van der Waals surface area contributed by atoms with Gasteiger partial charge in [-0.25, -0.2) is 9.78 Å². The van der Waals surface area contributed by atoms with Crippen molar-refractivity contribution in [2.45, 2.75) is 19.0 Å². The summed E-state index contributed by atoms with van der Waals surface area (Å²) in [4.78, 5) is 30.1. The summed E-state index contributed by atoms with van der Waals surface area (Å²) in [6.45, 7) is 2.74. The van der Waals surface area contributed by atoms with E-state index in [2.05, 4.69) is 20.5 Å². The molecule has 218 valence electrons. The second-order valence-electron chi connectivity index (χ2n) is 9.73. The Hall–Kier alpha value is -4.84. The molecule has 2 heterocycles. The standard InChI is InChI=1S/C30H27F3N4O5/c31-30(32,33)22-15-23(17-26(16-22)41-12-11-37-9-1-2-10-37)35-28(38)20-4-3-19-5-6-24(14-21(19)13-20)42-25-7-8-34-27(18-25)36-29(39)40/h3-8,13-18H,1-2,9-12H2,(H,34,36)(H,35,38)(H,39,40). The highest BCUT2D eigenvalue weighted by atomic mass is 19.4. The van der Waals surface area contributed by atoms with Gasteiger partial charge in [0, 0.05) is 36.1 Å².